The van der Waals surface area contributed by atoms with E-state index in [4.69, 9.17) is 15.9 Å². The van der Waals surface area contributed by atoms with Crippen LogP contribution in [-0.2, 0) is 20.7 Å². The van der Waals surface area contributed by atoms with Crippen LogP contribution in [0.4, 0.5) is 4.79 Å². The van der Waals surface area contributed by atoms with Crippen LogP contribution in [0.2, 0.25) is 0 Å². The van der Waals surface area contributed by atoms with E-state index in [1.807, 2.05) is 30.3 Å². The van der Waals surface area contributed by atoms with Gasteiger partial charge in [-0.1, -0.05) is 56.0 Å². The van der Waals surface area contributed by atoms with Crippen molar-refractivity contribution in [3.63, 3.8) is 0 Å². The average Bonchev–Trinajstić information content (AvgIpc) is 2.57. The van der Waals surface area contributed by atoms with Gasteiger partial charge in [-0.2, -0.15) is 0 Å². The van der Waals surface area contributed by atoms with Gasteiger partial charge >= 0.3 is 12.1 Å². The first-order chi connectivity index (χ1) is 11.2. The molecule has 1 amide bonds. The molecule has 0 saturated heterocycles. The van der Waals surface area contributed by atoms with E-state index in [0.29, 0.717) is 13.0 Å². The van der Waals surface area contributed by atoms with Crippen LogP contribution < -0.4 is 5.32 Å². The molecule has 1 rings (SSSR count). The third-order valence-corrected chi connectivity index (χ3v) is 3.14. The zero-order valence-corrected chi connectivity index (χ0v) is 13.4. The van der Waals surface area contributed by atoms with Gasteiger partial charge in [0.2, 0.25) is 0 Å². The molecule has 0 saturated carbocycles. The lowest BCUT2D eigenvalue weighted by atomic mass is 10.1. The van der Waals surface area contributed by atoms with Crippen LogP contribution >= 0.6 is 0 Å². The maximum absolute atomic E-state index is 12.2. The summed E-state index contributed by atoms with van der Waals surface area (Å²) in [6, 6.07) is 8.59. The fourth-order valence-corrected chi connectivity index (χ4v) is 1.96. The van der Waals surface area contributed by atoms with E-state index in [9.17, 15) is 9.59 Å². The largest absolute Gasteiger partial charge is 0.464 e. The van der Waals surface area contributed by atoms with Gasteiger partial charge in [0, 0.05) is 6.42 Å². The summed E-state index contributed by atoms with van der Waals surface area (Å²) in [5.41, 5.74) is 0.917. The maximum atomic E-state index is 12.2. The summed E-state index contributed by atoms with van der Waals surface area (Å²) in [6.07, 6.45) is 7.49. The zero-order chi connectivity index (χ0) is 16.9. The second-order valence-corrected chi connectivity index (χ2v) is 5.04. The normalized spacial score (nSPS) is 11.1. The van der Waals surface area contributed by atoms with Crippen LogP contribution in [0.5, 0.6) is 0 Å². The highest BCUT2D eigenvalue weighted by Gasteiger charge is 2.23. The predicted octanol–water partition coefficient (Wildman–Crippen LogP) is 2.69. The summed E-state index contributed by atoms with van der Waals surface area (Å²) >= 11 is 0. The molecule has 1 aromatic rings. The minimum atomic E-state index is -0.802. The molecule has 0 aromatic heterocycles. The standard InChI is InChI=1S/C18H23NO4/c1-3-5-9-13-22-17(20)16(19-18(21)23-12-4-2)14-15-10-7-6-8-11-15/h2,6-8,10-11,16H,3,5,9,12-14H2,1H3,(H,19,21). The summed E-state index contributed by atoms with van der Waals surface area (Å²) in [4.78, 5) is 23.8. The number of nitrogens with one attached hydrogen (secondary N) is 1. The van der Waals surface area contributed by atoms with E-state index in [2.05, 4.69) is 18.2 Å². The van der Waals surface area contributed by atoms with Crippen molar-refractivity contribution < 1.29 is 19.1 Å². The lowest BCUT2D eigenvalue weighted by Crippen LogP contribution is -2.43. The van der Waals surface area contributed by atoms with Gasteiger partial charge in [-0.3, -0.25) is 0 Å². The van der Waals surface area contributed by atoms with Crippen molar-refractivity contribution in [3.05, 3.63) is 35.9 Å². The number of hydrogen-bond acceptors (Lipinski definition) is 4. The number of rotatable bonds is 9. The number of hydrogen-bond donors (Lipinski definition) is 1. The highest BCUT2D eigenvalue weighted by Crippen LogP contribution is 2.06. The topological polar surface area (TPSA) is 64.6 Å². The second kappa shape index (κ2) is 11.1. The summed E-state index contributed by atoms with van der Waals surface area (Å²) in [5, 5.41) is 2.51. The first-order valence-electron chi connectivity index (χ1n) is 7.74. The highest BCUT2D eigenvalue weighted by molar-refractivity contribution is 5.81. The Hall–Kier alpha value is -2.48. The number of alkyl carbamates (subject to hydrolysis) is 1. The number of amides is 1. The minimum Gasteiger partial charge on any atom is -0.464 e. The number of terminal acetylenes is 1. The maximum Gasteiger partial charge on any atom is 0.408 e. The molecule has 0 aliphatic carbocycles. The molecule has 0 aliphatic rings. The molecule has 1 atom stereocenters. The molecule has 1 aromatic carbocycles. The third kappa shape index (κ3) is 7.91. The van der Waals surface area contributed by atoms with E-state index in [-0.39, 0.29) is 6.61 Å². The minimum absolute atomic E-state index is 0.143. The number of carbonyl (C=O) groups is 2. The molecular weight excluding hydrogens is 294 g/mol. The zero-order valence-electron chi connectivity index (χ0n) is 13.4. The van der Waals surface area contributed by atoms with E-state index < -0.39 is 18.1 Å². The average molecular weight is 317 g/mol. The number of carbonyl (C=O) groups excluding carboxylic acids is 2. The number of ether oxygens (including phenoxy) is 2. The van der Waals surface area contributed by atoms with Crippen molar-refractivity contribution in [1.82, 2.24) is 5.32 Å². The van der Waals surface area contributed by atoms with E-state index in [1.54, 1.807) is 0 Å². The Labute approximate surface area is 137 Å². The van der Waals surface area contributed by atoms with Gasteiger partial charge in [-0.25, -0.2) is 9.59 Å². The van der Waals surface area contributed by atoms with Gasteiger partial charge in [0.05, 0.1) is 6.61 Å². The van der Waals surface area contributed by atoms with Gasteiger partial charge < -0.3 is 14.8 Å². The molecule has 23 heavy (non-hydrogen) atoms. The van der Waals surface area contributed by atoms with E-state index in [1.165, 1.54) is 0 Å². The van der Waals surface area contributed by atoms with Crippen molar-refractivity contribution in [2.75, 3.05) is 13.2 Å². The first kappa shape index (κ1) is 18.6. The summed E-state index contributed by atoms with van der Waals surface area (Å²) < 4.78 is 9.99. The summed E-state index contributed by atoms with van der Waals surface area (Å²) in [6.45, 7) is 2.28. The number of benzene rings is 1. The van der Waals surface area contributed by atoms with Crippen molar-refractivity contribution in [1.29, 1.82) is 0 Å². The molecule has 0 aliphatic heterocycles. The molecule has 0 heterocycles. The van der Waals surface area contributed by atoms with Crippen LogP contribution in [0, 0.1) is 12.3 Å². The Balaban J connectivity index is 2.61. The smallest absolute Gasteiger partial charge is 0.408 e. The Bertz CT molecular complexity index is 522. The van der Waals surface area contributed by atoms with Crippen molar-refractivity contribution in [2.45, 2.75) is 38.6 Å². The van der Waals surface area contributed by atoms with Gasteiger partial charge in [0.1, 0.15) is 6.04 Å². The molecule has 0 fully saturated rings. The van der Waals surface area contributed by atoms with Gasteiger partial charge in [0.25, 0.3) is 0 Å². The van der Waals surface area contributed by atoms with Crippen molar-refractivity contribution in [3.8, 4) is 12.3 Å². The molecule has 5 heteroatoms. The molecular formula is C18H23NO4. The molecule has 1 unspecified atom stereocenters. The monoisotopic (exact) mass is 317 g/mol. The van der Waals surface area contributed by atoms with Gasteiger partial charge in [-0.05, 0) is 12.0 Å². The third-order valence-electron chi connectivity index (χ3n) is 3.14. The highest BCUT2D eigenvalue weighted by atomic mass is 16.6. The fraction of sp³-hybridized carbons (Fsp3) is 0.444. The lowest BCUT2D eigenvalue weighted by Gasteiger charge is -2.17. The van der Waals surface area contributed by atoms with E-state index >= 15 is 0 Å². The summed E-state index contributed by atoms with van der Waals surface area (Å²) in [5.74, 6) is 1.73. The van der Waals surface area contributed by atoms with Crippen LogP contribution in [0.3, 0.4) is 0 Å². The van der Waals surface area contributed by atoms with E-state index in [0.717, 1.165) is 24.8 Å². The molecule has 0 bridgehead atoms. The second-order valence-electron chi connectivity index (χ2n) is 5.04. The van der Waals surface area contributed by atoms with Gasteiger partial charge in [0.15, 0.2) is 6.61 Å². The quantitative estimate of drug-likeness (QED) is 0.432. The van der Waals surface area contributed by atoms with Crippen molar-refractivity contribution in [2.24, 2.45) is 0 Å². The molecule has 0 radical (unpaired) electrons. The number of unbranched alkanes of at least 4 members (excludes halogenated alkanes) is 2. The van der Waals surface area contributed by atoms with Crippen LogP contribution in [0.15, 0.2) is 30.3 Å². The Morgan fingerprint density at radius 3 is 2.61 bits per heavy atom. The lowest BCUT2D eigenvalue weighted by molar-refractivity contribution is -0.146. The van der Waals surface area contributed by atoms with Crippen LogP contribution in [0.1, 0.15) is 31.7 Å². The fourth-order valence-electron chi connectivity index (χ4n) is 1.96. The van der Waals surface area contributed by atoms with Crippen LogP contribution in [-0.4, -0.2) is 31.3 Å². The predicted molar refractivity (Wildman–Crippen MR) is 87.7 cm³/mol. The summed E-state index contributed by atoms with van der Waals surface area (Å²) in [7, 11) is 0. The number of esters is 1. The Morgan fingerprint density at radius 1 is 1.22 bits per heavy atom. The van der Waals surface area contributed by atoms with Crippen molar-refractivity contribution >= 4 is 12.1 Å². The first-order valence-corrected chi connectivity index (χ1v) is 7.74. The molecule has 5 nitrogen and oxygen atoms in total. The Kier molecular flexibility index (Phi) is 8.99. The van der Waals surface area contributed by atoms with Gasteiger partial charge in [-0.15, -0.1) is 6.42 Å². The SMILES string of the molecule is C#CCOC(=O)NC(Cc1ccccc1)C(=O)OCCCCC. The molecule has 0 spiro atoms. The molecule has 1 N–H and O–H groups in total. The van der Waals surface area contributed by atoms with Crippen LogP contribution in [0.25, 0.3) is 0 Å². The Morgan fingerprint density at radius 2 is 1.96 bits per heavy atom. The molecule has 124 valence electrons.